The van der Waals surface area contributed by atoms with Crippen LogP contribution in [0.1, 0.15) is 12.5 Å². The zero-order valence-electron chi connectivity index (χ0n) is 8.53. The second-order valence-electron chi connectivity index (χ2n) is 3.69. The van der Waals surface area contributed by atoms with Crippen LogP contribution >= 0.6 is 0 Å². The largest absolute Gasteiger partial charge is 0.385 e. The summed E-state index contributed by atoms with van der Waals surface area (Å²) in [5.41, 5.74) is 2.01. The van der Waals surface area contributed by atoms with Crippen LogP contribution in [0.2, 0.25) is 0 Å². The highest BCUT2D eigenvalue weighted by Crippen LogP contribution is 2.19. The first kappa shape index (κ1) is 9.93. The van der Waals surface area contributed by atoms with E-state index in [-0.39, 0.29) is 5.78 Å². The van der Waals surface area contributed by atoms with E-state index in [2.05, 4.69) is 4.98 Å². The van der Waals surface area contributed by atoms with Gasteiger partial charge < -0.3 is 10.1 Å². The first-order valence-electron chi connectivity index (χ1n) is 4.92. The van der Waals surface area contributed by atoms with Crippen molar-refractivity contribution >= 4 is 16.7 Å². The summed E-state index contributed by atoms with van der Waals surface area (Å²) >= 11 is 0. The minimum atomic E-state index is -0.899. The number of carbonyl (C=O) groups excluding carboxylic acids is 1. The van der Waals surface area contributed by atoms with Crippen LogP contribution in [0.5, 0.6) is 0 Å². The van der Waals surface area contributed by atoms with E-state index < -0.39 is 6.10 Å². The molecule has 3 heteroatoms. The van der Waals surface area contributed by atoms with Gasteiger partial charge in [0.05, 0.1) is 0 Å². The number of fused-ring (bicyclic) bond motifs is 1. The van der Waals surface area contributed by atoms with Gasteiger partial charge in [0, 0.05) is 23.5 Å². The maximum Gasteiger partial charge on any atom is 0.158 e. The average Bonchev–Trinajstić information content (AvgIpc) is 2.62. The van der Waals surface area contributed by atoms with Gasteiger partial charge in [-0.3, -0.25) is 4.79 Å². The van der Waals surface area contributed by atoms with Gasteiger partial charge >= 0.3 is 0 Å². The maximum absolute atomic E-state index is 10.9. The number of para-hydroxylation sites is 1. The average molecular weight is 203 g/mol. The number of Topliss-reactive ketones (excluding diaryl/α,β-unsaturated/α-hetero) is 1. The molecule has 0 aliphatic rings. The molecule has 78 valence electrons. The lowest BCUT2D eigenvalue weighted by Crippen LogP contribution is -2.19. The standard InChI is InChI=1S/C12H13NO2/c1-8(14)12(15)6-9-7-13-11-5-3-2-4-10(9)11/h2-5,7,12-13,15H,6H2,1H3/t12-/m0/s1. The summed E-state index contributed by atoms with van der Waals surface area (Å²) in [6, 6.07) is 7.84. The van der Waals surface area contributed by atoms with Gasteiger partial charge in [-0.2, -0.15) is 0 Å². The highest BCUT2D eigenvalue weighted by molar-refractivity contribution is 5.85. The summed E-state index contributed by atoms with van der Waals surface area (Å²) < 4.78 is 0. The molecule has 0 bridgehead atoms. The first-order valence-corrected chi connectivity index (χ1v) is 4.92. The summed E-state index contributed by atoms with van der Waals surface area (Å²) in [5.74, 6) is -0.194. The van der Waals surface area contributed by atoms with Crippen molar-refractivity contribution < 1.29 is 9.90 Å². The van der Waals surface area contributed by atoms with E-state index in [0.717, 1.165) is 16.5 Å². The molecule has 0 saturated heterocycles. The lowest BCUT2D eigenvalue weighted by atomic mass is 10.1. The zero-order valence-corrected chi connectivity index (χ0v) is 8.53. The molecule has 0 fully saturated rings. The third kappa shape index (κ3) is 1.92. The molecular weight excluding hydrogens is 190 g/mol. The Morgan fingerprint density at radius 1 is 1.47 bits per heavy atom. The number of hydrogen-bond donors (Lipinski definition) is 2. The molecule has 2 aromatic rings. The van der Waals surface area contributed by atoms with Gasteiger partial charge in [0.25, 0.3) is 0 Å². The molecule has 1 heterocycles. The molecule has 0 spiro atoms. The number of H-pyrrole nitrogens is 1. The van der Waals surface area contributed by atoms with Crippen LogP contribution in [-0.2, 0) is 11.2 Å². The quantitative estimate of drug-likeness (QED) is 0.797. The first-order chi connectivity index (χ1) is 7.18. The summed E-state index contributed by atoms with van der Waals surface area (Å²) in [4.78, 5) is 14.1. The molecule has 0 unspecified atom stereocenters. The summed E-state index contributed by atoms with van der Waals surface area (Å²) in [5, 5.41) is 10.6. The molecule has 2 N–H and O–H groups in total. The van der Waals surface area contributed by atoms with Crippen LogP contribution in [0, 0.1) is 0 Å². The lowest BCUT2D eigenvalue weighted by molar-refractivity contribution is -0.124. The number of rotatable bonds is 3. The Bertz CT molecular complexity index is 487. The molecule has 3 nitrogen and oxygen atoms in total. The Hall–Kier alpha value is -1.61. The summed E-state index contributed by atoms with van der Waals surface area (Å²) in [7, 11) is 0. The van der Waals surface area contributed by atoms with E-state index >= 15 is 0 Å². The molecule has 0 aliphatic heterocycles. The third-order valence-electron chi connectivity index (χ3n) is 2.56. The highest BCUT2D eigenvalue weighted by Gasteiger charge is 2.12. The number of carbonyl (C=O) groups is 1. The van der Waals surface area contributed by atoms with Crippen molar-refractivity contribution in [3.63, 3.8) is 0 Å². The number of aliphatic hydroxyl groups is 1. The smallest absolute Gasteiger partial charge is 0.158 e. The van der Waals surface area contributed by atoms with Gasteiger partial charge in [-0.05, 0) is 18.6 Å². The van der Waals surface area contributed by atoms with Crippen LogP contribution in [0.3, 0.4) is 0 Å². The SMILES string of the molecule is CC(=O)[C@@H](O)Cc1c[nH]c2ccccc12. The Labute approximate surface area is 87.7 Å². The minimum absolute atomic E-state index is 0.194. The van der Waals surface area contributed by atoms with Gasteiger partial charge in [0.1, 0.15) is 6.10 Å². The Morgan fingerprint density at radius 3 is 2.93 bits per heavy atom. The second kappa shape index (κ2) is 3.87. The second-order valence-corrected chi connectivity index (χ2v) is 3.69. The summed E-state index contributed by atoms with van der Waals surface area (Å²) in [6.07, 6.45) is 1.32. The molecule has 0 saturated carbocycles. The van der Waals surface area contributed by atoms with E-state index in [1.54, 1.807) is 0 Å². The fourth-order valence-corrected chi connectivity index (χ4v) is 1.65. The van der Waals surface area contributed by atoms with Crippen molar-refractivity contribution in [1.29, 1.82) is 0 Å². The zero-order chi connectivity index (χ0) is 10.8. The Morgan fingerprint density at radius 2 is 2.20 bits per heavy atom. The highest BCUT2D eigenvalue weighted by atomic mass is 16.3. The molecule has 1 aromatic carbocycles. The van der Waals surface area contributed by atoms with Gasteiger partial charge in [0.15, 0.2) is 5.78 Å². The topological polar surface area (TPSA) is 53.1 Å². The Balaban J connectivity index is 2.32. The number of nitrogens with one attached hydrogen (secondary N) is 1. The van der Waals surface area contributed by atoms with Crippen molar-refractivity contribution in [3.05, 3.63) is 36.0 Å². The fraction of sp³-hybridized carbons (Fsp3) is 0.250. The molecule has 0 aliphatic carbocycles. The van der Waals surface area contributed by atoms with Crippen molar-refractivity contribution in [2.24, 2.45) is 0 Å². The molecule has 0 amide bonds. The molecule has 15 heavy (non-hydrogen) atoms. The van der Waals surface area contributed by atoms with E-state index in [1.165, 1.54) is 6.92 Å². The summed E-state index contributed by atoms with van der Waals surface area (Å²) in [6.45, 7) is 1.40. The Kier molecular flexibility index (Phi) is 2.56. The third-order valence-corrected chi connectivity index (χ3v) is 2.56. The minimum Gasteiger partial charge on any atom is -0.385 e. The van der Waals surface area contributed by atoms with Crippen molar-refractivity contribution in [3.8, 4) is 0 Å². The fourth-order valence-electron chi connectivity index (χ4n) is 1.65. The van der Waals surface area contributed by atoms with Crippen molar-refractivity contribution in [2.75, 3.05) is 0 Å². The number of aliphatic hydroxyl groups excluding tert-OH is 1. The monoisotopic (exact) mass is 203 g/mol. The van der Waals surface area contributed by atoms with Crippen LogP contribution in [0.15, 0.2) is 30.5 Å². The molecule has 1 atom stereocenters. The van der Waals surface area contributed by atoms with Gasteiger partial charge in [-0.1, -0.05) is 18.2 Å². The number of ketones is 1. The number of aromatic amines is 1. The van der Waals surface area contributed by atoms with Gasteiger partial charge in [-0.25, -0.2) is 0 Å². The molecule has 1 aromatic heterocycles. The van der Waals surface area contributed by atoms with Gasteiger partial charge in [-0.15, -0.1) is 0 Å². The van der Waals surface area contributed by atoms with E-state index in [9.17, 15) is 9.90 Å². The molecule has 2 rings (SSSR count). The number of benzene rings is 1. The van der Waals surface area contributed by atoms with Gasteiger partial charge in [0.2, 0.25) is 0 Å². The normalized spacial score (nSPS) is 12.9. The lowest BCUT2D eigenvalue weighted by Gasteiger charge is -2.04. The van der Waals surface area contributed by atoms with E-state index in [1.807, 2.05) is 30.5 Å². The van der Waals surface area contributed by atoms with E-state index in [4.69, 9.17) is 0 Å². The molecule has 0 radical (unpaired) electrons. The van der Waals surface area contributed by atoms with Crippen LogP contribution in [-0.4, -0.2) is 22.0 Å². The van der Waals surface area contributed by atoms with Crippen LogP contribution in [0.4, 0.5) is 0 Å². The maximum atomic E-state index is 10.9. The van der Waals surface area contributed by atoms with Crippen LogP contribution < -0.4 is 0 Å². The van der Waals surface area contributed by atoms with Crippen LogP contribution in [0.25, 0.3) is 10.9 Å². The van der Waals surface area contributed by atoms with Crippen molar-refractivity contribution in [1.82, 2.24) is 4.98 Å². The number of aromatic nitrogens is 1. The molecular formula is C12H13NO2. The van der Waals surface area contributed by atoms with Crippen molar-refractivity contribution in [2.45, 2.75) is 19.4 Å². The predicted molar refractivity (Wildman–Crippen MR) is 58.7 cm³/mol. The number of hydrogen-bond acceptors (Lipinski definition) is 2. The predicted octanol–water partition coefficient (Wildman–Crippen LogP) is 1.66. The van der Waals surface area contributed by atoms with E-state index in [0.29, 0.717) is 6.42 Å².